The molecular formula is C29H35FN4O3. The number of amides is 2. The third-order valence-corrected chi connectivity index (χ3v) is 6.80. The summed E-state index contributed by atoms with van der Waals surface area (Å²) in [7, 11) is 3.31. The van der Waals surface area contributed by atoms with Gasteiger partial charge in [0.05, 0.1) is 5.69 Å². The first-order chi connectivity index (χ1) is 18.0. The monoisotopic (exact) mass is 506 g/mol. The summed E-state index contributed by atoms with van der Waals surface area (Å²) in [4.78, 5) is 30.3. The number of aromatic nitrogens is 2. The number of fused-ring (bicyclic) bond motifs is 1. The molecule has 0 unspecified atom stereocenters. The smallest absolute Gasteiger partial charge is 0.274 e. The summed E-state index contributed by atoms with van der Waals surface area (Å²) in [6, 6.07) is 15.7. The fraction of sp³-hybridized carbons (Fsp3) is 0.414. The molecule has 1 aliphatic heterocycles. The van der Waals surface area contributed by atoms with Gasteiger partial charge < -0.3 is 14.5 Å². The molecule has 1 aliphatic rings. The first-order valence-corrected chi connectivity index (χ1v) is 12.9. The minimum absolute atomic E-state index is 0.0110. The lowest BCUT2D eigenvalue weighted by atomic mass is 10.1. The summed E-state index contributed by atoms with van der Waals surface area (Å²) in [6.07, 6.45) is 6.12. The van der Waals surface area contributed by atoms with Crippen LogP contribution in [0.5, 0.6) is 0 Å². The van der Waals surface area contributed by atoms with Gasteiger partial charge in [0.25, 0.3) is 11.8 Å². The molecule has 0 bridgehead atoms. The van der Waals surface area contributed by atoms with Crippen LogP contribution in [0.3, 0.4) is 0 Å². The largest absolute Gasteiger partial charge is 0.375 e. The quantitative estimate of drug-likeness (QED) is 0.488. The Morgan fingerprint density at radius 1 is 0.946 bits per heavy atom. The lowest BCUT2D eigenvalue weighted by Crippen LogP contribution is -2.37. The number of hydrogen-bond donors (Lipinski definition) is 0. The van der Waals surface area contributed by atoms with Crippen LogP contribution in [-0.2, 0) is 23.1 Å². The lowest BCUT2D eigenvalue weighted by molar-refractivity contribution is -0.122. The molecule has 0 saturated heterocycles. The van der Waals surface area contributed by atoms with Gasteiger partial charge in [-0.15, -0.1) is 0 Å². The molecule has 0 aliphatic carbocycles. The molecule has 0 N–H and O–H groups in total. The van der Waals surface area contributed by atoms with Gasteiger partial charge in [-0.3, -0.25) is 14.3 Å². The third-order valence-electron chi connectivity index (χ3n) is 6.80. The summed E-state index contributed by atoms with van der Waals surface area (Å²) in [5.74, 6) is -0.561. The number of para-hydroxylation sites is 1. The van der Waals surface area contributed by atoms with Crippen molar-refractivity contribution in [2.45, 2.75) is 45.1 Å². The van der Waals surface area contributed by atoms with Gasteiger partial charge in [0, 0.05) is 39.5 Å². The number of methoxy groups -OCH3 is 1. The number of aryl methyl sites for hydroxylation is 1. The average molecular weight is 507 g/mol. The Labute approximate surface area is 217 Å². The molecule has 2 amide bonds. The standard InChI is InChI=1S/C29H35FN4O3/c1-32-27(22-13-15-24(30)16-14-22)19-25(31-32)29(36)33-17-9-5-3-4-6-10-18-34(28(35)21-37-2)26-12-8-7-11-23(26)20-33/h7-8,11-16,19H,3-6,9-10,17-18,20-21H2,1-2H3. The molecule has 0 saturated carbocycles. The molecule has 0 spiro atoms. The van der Waals surface area contributed by atoms with Crippen molar-refractivity contribution in [2.24, 2.45) is 7.05 Å². The second-order valence-electron chi connectivity index (χ2n) is 9.50. The lowest BCUT2D eigenvalue weighted by Gasteiger charge is -2.28. The zero-order chi connectivity index (χ0) is 26.2. The molecule has 196 valence electrons. The predicted molar refractivity (Wildman–Crippen MR) is 142 cm³/mol. The van der Waals surface area contributed by atoms with Crippen molar-refractivity contribution < 1.29 is 18.7 Å². The highest BCUT2D eigenvalue weighted by molar-refractivity contribution is 5.96. The SMILES string of the molecule is COCC(=O)N1CCCCCCCCN(C(=O)c2cc(-c3ccc(F)cc3)n(C)n2)Cc2ccccc21. The number of hydrogen-bond acceptors (Lipinski definition) is 4. The number of halogens is 1. The van der Waals surface area contributed by atoms with E-state index in [2.05, 4.69) is 5.10 Å². The molecule has 0 atom stereocenters. The van der Waals surface area contributed by atoms with Gasteiger partial charge in [0.2, 0.25) is 0 Å². The minimum Gasteiger partial charge on any atom is -0.375 e. The second kappa shape index (κ2) is 12.6. The minimum atomic E-state index is -0.311. The van der Waals surface area contributed by atoms with E-state index >= 15 is 0 Å². The molecule has 2 aromatic carbocycles. The van der Waals surface area contributed by atoms with E-state index in [0.717, 1.165) is 61.0 Å². The Morgan fingerprint density at radius 3 is 2.35 bits per heavy atom. The first-order valence-electron chi connectivity index (χ1n) is 12.9. The summed E-state index contributed by atoms with van der Waals surface area (Å²) in [5, 5.41) is 4.50. The summed E-state index contributed by atoms with van der Waals surface area (Å²) in [5.41, 5.74) is 3.60. The summed E-state index contributed by atoms with van der Waals surface area (Å²) in [6.45, 7) is 1.60. The normalized spacial score (nSPS) is 15.3. The van der Waals surface area contributed by atoms with E-state index in [1.807, 2.05) is 29.2 Å². The highest BCUT2D eigenvalue weighted by Crippen LogP contribution is 2.26. The van der Waals surface area contributed by atoms with Crippen LogP contribution in [0.4, 0.5) is 10.1 Å². The Kier molecular flexibility index (Phi) is 9.06. The molecule has 37 heavy (non-hydrogen) atoms. The van der Waals surface area contributed by atoms with Crippen molar-refractivity contribution in [3.63, 3.8) is 0 Å². The molecule has 0 radical (unpaired) electrons. The van der Waals surface area contributed by atoms with Crippen molar-refractivity contribution in [2.75, 3.05) is 31.7 Å². The van der Waals surface area contributed by atoms with E-state index in [9.17, 15) is 14.0 Å². The van der Waals surface area contributed by atoms with Crippen molar-refractivity contribution in [3.05, 3.63) is 71.7 Å². The highest BCUT2D eigenvalue weighted by atomic mass is 19.1. The van der Waals surface area contributed by atoms with E-state index in [1.165, 1.54) is 19.2 Å². The number of anilines is 1. The van der Waals surface area contributed by atoms with Crippen LogP contribution in [0.2, 0.25) is 0 Å². The molecular weight excluding hydrogens is 471 g/mol. The number of nitrogens with zero attached hydrogens (tertiary/aromatic N) is 4. The fourth-order valence-electron chi connectivity index (χ4n) is 4.85. The molecule has 3 aromatic rings. The molecule has 7 nitrogen and oxygen atoms in total. The Morgan fingerprint density at radius 2 is 1.62 bits per heavy atom. The Bertz CT molecular complexity index is 1210. The van der Waals surface area contributed by atoms with Gasteiger partial charge in [-0.25, -0.2) is 4.39 Å². The highest BCUT2D eigenvalue weighted by Gasteiger charge is 2.24. The summed E-state index contributed by atoms with van der Waals surface area (Å²) < 4.78 is 20.2. The maximum absolute atomic E-state index is 13.8. The van der Waals surface area contributed by atoms with Gasteiger partial charge in [-0.05, 0) is 60.4 Å². The van der Waals surface area contributed by atoms with E-state index in [-0.39, 0.29) is 24.2 Å². The third kappa shape index (κ3) is 6.63. The number of ether oxygens (including phenoxy) is 1. The summed E-state index contributed by atoms with van der Waals surface area (Å²) >= 11 is 0. The van der Waals surface area contributed by atoms with Crippen LogP contribution in [0, 0.1) is 5.82 Å². The number of carbonyl (C=O) groups excluding carboxylic acids is 2. The molecule has 4 rings (SSSR count). The van der Waals surface area contributed by atoms with Gasteiger partial charge >= 0.3 is 0 Å². The van der Waals surface area contributed by atoms with Crippen molar-refractivity contribution in [3.8, 4) is 11.3 Å². The van der Waals surface area contributed by atoms with Crippen LogP contribution in [0.15, 0.2) is 54.6 Å². The first kappa shape index (κ1) is 26.5. The Balaban J connectivity index is 1.65. The topological polar surface area (TPSA) is 67.7 Å². The number of benzene rings is 2. The molecule has 2 heterocycles. The van der Waals surface area contributed by atoms with Gasteiger partial charge in [0.1, 0.15) is 12.4 Å². The second-order valence-corrected chi connectivity index (χ2v) is 9.50. The molecule has 1 aromatic heterocycles. The van der Waals surface area contributed by atoms with Crippen molar-refractivity contribution >= 4 is 17.5 Å². The van der Waals surface area contributed by atoms with E-state index in [4.69, 9.17) is 4.74 Å². The van der Waals surface area contributed by atoms with Crippen molar-refractivity contribution in [1.82, 2.24) is 14.7 Å². The number of rotatable bonds is 4. The van der Waals surface area contributed by atoms with Crippen LogP contribution < -0.4 is 4.90 Å². The van der Waals surface area contributed by atoms with E-state index in [0.29, 0.717) is 25.3 Å². The van der Waals surface area contributed by atoms with E-state index < -0.39 is 0 Å². The van der Waals surface area contributed by atoms with E-state index in [1.54, 1.807) is 34.8 Å². The molecule has 0 fully saturated rings. The zero-order valence-corrected chi connectivity index (χ0v) is 21.7. The van der Waals surface area contributed by atoms with Crippen LogP contribution in [0.1, 0.15) is 54.6 Å². The van der Waals surface area contributed by atoms with Crippen LogP contribution in [0.25, 0.3) is 11.3 Å². The zero-order valence-electron chi connectivity index (χ0n) is 21.7. The maximum Gasteiger partial charge on any atom is 0.274 e. The van der Waals surface area contributed by atoms with Crippen LogP contribution >= 0.6 is 0 Å². The van der Waals surface area contributed by atoms with Crippen LogP contribution in [-0.4, -0.2) is 53.3 Å². The maximum atomic E-state index is 13.8. The fourth-order valence-corrected chi connectivity index (χ4v) is 4.85. The van der Waals surface area contributed by atoms with Gasteiger partial charge in [-0.2, -0.15) is 5.10 Å². The Hall–Kier alpha value is -3.52. The van der Waals surface area contributed by atoms with Crippen molar-refractivity contribution in [1.29, 1.82) is 0 Å². The van der Waals surface area contributed by atoms with Gasteiger partial charge in [-0.1, -0.05) is 43.9 Å². The predicted octanol–water partition coefficient (Wildman–Crippen LogP) is 5.20. The molecule has 8 heteroatoms. The number of carbonyl (C=O) groups is 2. The van der Waals surface area contributed by atoms with Gasteiger partial charge in [0.15, 0.2) is 5.69 Å². The average Bonchev–Trinajstić information content (AvgIpc) is 3.29.